The second-order valence-electron chi connectivity index (χ2n) is 5.09. The largest absolute Gasteiger partial charge is 0.341 e. The third kappa shape index (κ3) is 4.19. The van der Waals surface area contributed by atoms with Crippen molar-refractivity contribution in [2.45, 2.75) is 26.3 Å². The van der Waals surface area contributed by atoms with Crippen molar-refractivity contribution < 1.29 is 4.79 Å². The van der Waals surface area contributed by atoms with Crippen LogP contribution in [-0.4, -0.2) is 22.8 Å². The maximum Gasteiger partial charge on any atom is 0.222 e. The standard InChI is InChI=1S/C17H20N2O/c1-14-4-3-5-15(12-14)6-7-17(20)19(2)13-16-8-10-18-11-9-16/h3-5,8-12H,6-7,13H2,1-2H3. The quantitative estimate of drug-likeness (QED) is 0.835. The van der Waals surface area contributed by atoms with Crippen molar-refractivity contribution in [2.75, 3.05) is 7.05 Å². The Morgan fingerprint density at radius 3 is 2.60 bits per heavy atom. The summed E-state index contributed by atoms with van der Waals surface area (Å²) in [5, 5.41) is 0. The van der Waals surface area contributed by atoms with Gasteiger partial charge in [0.2, 0.25) is 5.91 Å². The van der Waals surface area contributed by atoms with Crippen LogP contribution in [0, 0.1) is 6.92 Å². The third-order valence-corrected chi connectivity index (χ3v) is 3.30. The van der Waals surface area contributed by atoms with Crippen molar-refractivity contribution in [3.63, 3.8) is 0 Å². The highest BCUT2D eigenvalue weighted by atomic mass is 16.2. The molecule has 3 heteroatoms. The first-order valence-electron chi connectivity index (χ1n) is 6.83. The minimum Gasteiger partial charge on any atom is -0.341 e. The molecule has 1 amide bonds. The fourth-order valence-corrected chi connectivity index (χ4v) is 2.16. The maximum atomic E-state index is 12.1. The lowest BCUT2D eigenvalue weighted by Crippen LogP contribution is -2.26. The molecule has 1 aromatic heterocycles. The lowest BCUT2D eigenvalue weighted by Gasteiger charge is -2.17. The zero-order valence-corrected chi connectivity index (χ0v) is 12.0. The smallest absolute Gasteiger partial charge is 0.222 e. The second-order valence-corrected chi connectivity index (χ2v) is 5.09. The van der Waals surface area contributed by atoms with Crippen LogP contribution in [0.3, 0.4) is 0 Å². The Hall–Kier alpha value is -2.16. The molecule has 0 N–H and O–H groups in total. The van der Waals surface area contributed by atoms with Crippen LogP contribution in [0.15, 0.2) is 48.8 Å². The summed E-state index contributed by atoms with van der Waals surface area (Å²) in [6.45, 7) is 2.70. The molecule has 0 saturated heterocycles. The van der Waals surface area contributed by atoms with E-state index < -0.39 is 0 Å². The van der Waals surface area contributed by atoms with Gasteiger partial charge in [-0.15, -0.1) is 0 Å². The summed E-state index contributed by atoms with van der Waals surface area (Å²) in [5.41, 5.74) is 3.56. The van der Waals surface area contributed by atoms with Gasteiger partial charge in [-0.05, 0) is 36.6 Å². The average Bonchev–Trinajstić information content (AvgIpc) is 2.46. The number of benzene rings is 1. The number of carbonyl (C=O) groups excluding carboxylic acids is 1. The van der Waals surface area contributed by atoms with E-state index in [1.165, 1.54) is 11.1 Å². The van der Waals surface area contributed by atoms with Crippen LogP contribution in [0.2, 0.25) is 0 Å². The van der Waals surface area contributed by atoms with E-state index in [9.17, 15) is 4.79 Å². The van der Waals surface area contributed by atoms with Gasteiger partial charge in [-0.1, -0.05) is 29.8 Å². The third-order valence-electron chi connectivity index (χ3n) is 3.30. The molecule has 0 fully saturated rings. The van der Waals surface area contributed by atoms with E-state index in [-0.39, 0.29) is 5.91 Å². The molecule has 104 valence electrons. The van der Waals surface area contributed by atoms with Crippen LogP contribution >= 0.6 is 0 Å². The van der Waals surface area contributed by atoms with Crippen LogP contribution in [0.4, 0.5) is 0 Å². The topological polar surface area (TPSA) is 33.2 Å². The average molecular weight is 268 g/mol. The monoisotopic (exact) mass is 268 g/mol. The van der Waals surface area contributed by atoms with Gasteiger partial charge in [0.15, 0.2) is 0 Å². The SMILES string of the molecule is Cc1cccc(CCC(=O)N(C)Cc2ccncc2)c1. The number of hydrogen-bond donors (Lipinski definition) is 0. The van der Waals surface area contributed by atoms with Crippen molar-refractivity contribution in [2.24, 2.45) is 0 Å². The number of hydrogen-bond acceptors (Lipinski definition) is 2. The Morgan fingerprint density at radius 2 is 1.90 bits per heavy atom. The van der Waals surface area contributed by atoms with Gasteiger partial charge >= 0.3 is 0 Å². The number of amides is 1. The summed E-state index contributed by atoms with van der Waals surface area (Å²) < 4.78 is 0. The molecule has 0 spiro atoms. The van der Waals surface area contributed by atoms with Gasteiger partial charge in [0.25, 0.3) is 0 Å². The molecule has 0 atom stereocenters. The number of nitrogens with zero attached hydrogens (tertiary/aromatic N) is 2. The van der Waals surface area contributed by atoms with Crippen molar-refractivity contribution in [3.05, 3.63) is 65.5 Å². The zero-order valence-electron chi connectivity index (χ0n) is 12.0. The van der Waals surface area contributed by atoms with Crippen LogP contribution in [0.5, 0.6) is 0 Å². The highest BCUT2D eigenvalue weighted by Crippen LogP contribution is 2.09. The fraction of sp³-hybridized carbons (Fsp3) is 0.294. The molecule has 0 aliphatic carbocycles. The molecule has 0 aliphatic rings. The van der Waals surface area contributed by atoms with Crippen molar-refractivity contribution in [1.82, 2.24) is 9.88 Å². The zero-order chi connectivity index (χ0) is 14.4. The highest BCUT2D eigenvalue weighted by Gasteiger charge is 2.09. The molecule has 3 nitrogen and oxygen atoms in total. The number of rotatable bonds is 5. The van der Waals surface area contributed by atoms with Crippen molar-refractivity contribution >= 4 is 5.91 Å². The predicted octanol–water partition coefficient (Wildman–Crippen LogP) is 2.98. The molecule has 0 aliphatic heterocycles. The highest BCUT2D eigenvalue weighted by molar-refractivity contribution is 5.76. The van der Waals surface area contributed by atoms with Gasteiger partial charge in [-0.25, -0.2) is 0 Å². The Balaban J connectivity index is 1.85. The number of aryl methyl sites for hydroxylation is 2. The molecule has 2 rings (SSSR count). The normalized spacial score (nSPS) is 10.3. The molecule has 0 bridgehead atoms. The predicted molar refractivity (Wildman–Crippen MR) is 80.2 cm³/mol. The first-order valence-corrected chi connectivity index (χ1v) is 6.83. The molecular formula is C17H20N2O. The Bertz CT molecular complexity index is 566. The molecule has 1 aromatic carbocycles. The number of pyridine rings is 1. The Kier molecular flexibility index (Phi) is 4.88. The van der Waals surface area contributed by atoms with Crippen molar-refractivity contribution in [3.8, 4) is 0 Å². The van der Waals surface area contributed by atoms with Crippen LogP contribution < -0.4 is 0 Å². The van der Waals surface area contributed by atoms with E-state index in [2.05, 4.69) is 30.1 Å². The summed E-state index contributed by atoms with van der Waals surface area (Å²) in [7, 11) is 1.85. The fourth-order valence-electron chi connectivity index (χ4n) is 2.16. The van der Waals surface area contributed by atoms with Crippen molar-refractivity contribution in [1.29, 1.82) is 0 Å². The van der Waals surface area contributed by atoms with E-state index in [0.29, 0.717) is 13.0 Å². The molecule has 0 unspecified atom stereocenters. The lowest BCUT2D eigenvalue weighted by molar-refractivity contribution is -0.130. The summed E-state index contributed by atoms with van der Waals surface area (Å²) in [6.07, 6.45) is 4.84. The number of carbonyl (C=O) groups is 1. The molecule has 1 heterocycles. The van der Waals surface area contributed by atoms with Gasteiger partial charge in [0.1, 0.15) is 0 Å². The van der Waals surface area contributed by atoms with Gasteiger partial charge in [-0.2, -0.15) is 0 Å². The second kappa shape index (κ2) is 6.85. The van der Waals surface area contributed by atoms with E-state index in [1.807, 2.05) is 25.2 Å². The van der Waals surface area contributed by atoms with E-state index >= 15 is 0 Å². The minimum absolute atomic E-state index is 0.170. The van der Waals surface area contributed by atoms with Gasteiger partial charge in [0.05, 0.1) is 0 Å². The first kappa shape index (κ1) is 14.3. The number of aromatic nitrogens is 1. The minimum atomic E-state index is 0.170. The van der Waals surface area contributed by atoms with Crippen LogP contribution in [0.1, 0.15) is 23.1 Å². The van der Waals surface area contributed by atoms with E-state index in [4.69, 9.17) is 0 Å². The molecule has 20 heavy (non-hydrogen) atoms. The summed E-state index contributed by atoms with van der Waals surface area (Å²) in [6, 6.07) is 12.2. The Morgan fingerprint density at radius 1 is 1.15 bits per heavy atom. The molecule has 0 saturated carbocycles. The summed E-state index contributed by atoms with van der Waals surface area (Å²) in [4.78, 5) is 17.9. The molecular weight excluding hydrogens is 248 g/mol. The first-order chi connectivity index (χ1) is 9.65. The van der Waals surface area contributed by atoms with E-state index in [1.54, 1.807) is 17.3 Å². The van der Waals surface area contributed by atoms with Crippen LogP contribution in [-0.2, 0) is 17.8 Å². The Labute approximate surface area is 120 Å². The molecule has 0 radical (unpaired) electrons. The summed E-state index contributed by atoms with van der Waals surface area (Å²) in [5.74, 6) is 0.170. The maximum absolute atomic E-state index is 12.1. The van der Waals surface area contributed by atoms with Crippen LogP contribution in [0.25, 0.3) is 0 Å². The van der Waals surface area contributed by atoms with Gasteiger partial charge < -0.3 is 4.90 Å². The van der Waals surface area contributed by atoms with Gasteiger partial charge in [-0.3, -0.25) is 9.78 Å². The summed E-state index contributed by atoms with van der Waals surface area (Å²) >= 11 is 0. The van der Waals surface area contributed by atoms with Gasteiger partial charge in [0, 0.05) is 32.4 Å². The van der Waals surface area contributed by atoms with E-state index in [0.717, 1.165) is 12.0 Å². The molecule has 2 aromatic rings. The lowest BCUT2D eigenvalue weighted by atomic mass is 10.1.